The van der Waals surface area contributed by atoms with Crippen LogP contribution in [-0.2, 0) is 4.79 Å². The van der Waals surface area contributed by atoms with Gasteiger partial charge in [0.2, 0.25) is 0 Å². The Morgan fingerprint density at radius 1 is 0.966 bits per heavy atom. The molecule has 0 aromatic heterocycles. The first-order chi connectivity index (χ1) is 13.8. The summed E-state index contributed by atoms with van der Waals surface area (Å²) in [4.78, 5) is 10.8. The van der Waals surface area contributed by atoms with E-state index < -0.39 is 5.97 Å². The zero-order valence-electron chi connectivity index (χ0n) is 19.0. The van der Waals surface area contributed by atoms with Gasteiger partial charge in [0.25, 0.3) is 0 Å². The van der Waals surface area contributed by atoms with Gasteiger partial charge in [-0.05, 0) is 111 Å². The van der Waals surface area contributed by atoms with Crippen LogP contribution in [0.5, 0.6) is 0 Å². The van der Waals surface area contributed by atoms with Gasteiger partial charge in [0.1, 0.15) is 0 Å². The number of aliphatic hydroxyl groups excluding tert-OH is 1. The molecule has 4 rings (SSSR count). The fourth-order valence-corrected chi connectivity index (χ4v) is 9.15. The number of fused-ring (bicyclic) bond motifs is 5. The zero-order valence-corrected chi connectivity index (χ0v) is 19.0. The van der Waals surface area contributed by atoms with E-state index in [1.165, 1.54) is 51.4 Å². The minimum absolute atomic E-state index is 0.0451. The third-order valence-corrected chi connectivity index (χ3v) is 10.7. The van der Waals surface area contributed by atoms with Gasteiger partial charge in [-0.25, -0.2) is 0 Å². The van der Waals surface area contributed by atoms with Gasteiger partial charge in [0, 0.05) is 6.42 Å². The third-order valence-electron chi connectivity index (χ3n) is 10.7. The molecule has 0 saturated heterocycles. The van der Waals surface area contributed by atoms with Crippen molar-refractivity contribution in [1.29, 1.82) is 0 Å². The van der Waals surface area contributed by atoms with Gasteiger partial charge in [-0.1, -0.05) is 33.6 Å². The maximum atomic E-state index is 10.8. The molecule has 1 unspecified atom stereocenters. The summed E-state index contributed by atoms with van der Waals surface area (Å²) in [7, 11) is 0. The van der Waals surface area contributed by atoms with Crippen molar-refractivity contribution >= 4 is 5.97 Å². The molecule has 2 N–H and O–H groups in total. The second-order valence-electron chi connectivity index (χ2n) is 11.9. The summed E-state index contributed by atoms with van der Waals surface area (Å²) in [6, 6.07) is 0. The standard InChI is InChI=1S/C26H44O3/c1-17(6-4-5-7-24(28)29)21-10-11-22-20-9-8-18-16-19(27)12-14-25(18,2)23(20)13-15-26(21,22)3/h17-23,27H,4-16H2,1-3H3,(H,28,29)/t17-,18?,19-,20+,21-,22+,23+,25+,26-/m1/s1. The van der Waals surface area contributed by atoms with Gasteiger partial charge >= 0.3 is 5.97 Å². The Balaban J connectivity index is 1.42. The van der Waals surface area contributed by atoms with Crippen molar-refractivity contribution in [2.24, 2.45) is 46.3 Å². The Morgan fingerprint density at radius 2 is 1.69 bits per heavy atom. The number of aliphatic hydroxyl groups is 1. The molecule has 4 aliphatic rings. The summed E-state index contributed by atoms with van der Waals surface area (Å²) in [6.07, 6.45) is 15.1. The summed E-state index contributed by atoms with van der Waals surface area (Å²) in [6.45, 7) is 7.66. The monoisotopic (exact) mass is 404 g/mol. The van der Waals surface area contributed by atoms with Crippen LogP contribution < -0.4 is 0 Å². The van der Waals surface area contributed by atoms with Gasteiger partial charge in [-0.2, -0.15) is 0 Å². The Morgan fingerprint density at radius 3 is 2.45 bits per heavy atom. The molecule has 4 fully saturated rings. The fraction of sp³-hybridized carbons (Fsp3) is 0.962. The third kappa shape index (κ3) is 3.79. The Labute approximate surface area is 178 Å². The van der Waals surface area contributed by atoms with Gasteiger partial charge in [0.15, 0.2) is 0 Å². The van der Waals surface area contributed by atoms with Gasteiger partial charge in [-0.15, -0.1) is 0 Å². The van der Waals surface area contributed by atoms with Crippen LogP contribution in [0.15, 0.2) is 0 Å². The van der Waals surface area contributed by atoms with Crippen LogP contribution >= 0.6 is 0 Å². The van der Waals surface area contributed by atoms with E-state index in [1.807, 2.05) is 0 Å². The number of hydrogen-bond acceptors (Lipinski definition) is 2. The highest BCUT2D eigenvalue weighted by atomic mass is 16.4. The van der Waals surface area contributed by atoms with Crippen LogP contribution in [0.1, 0.15) is 104 Å². The number of aliphatic carboxylic acids is 1. The molecule has 3 heteroatoms. The molecule has 0 radical (unpaired) electrons. The number of carbonyl (C=O) groups is 1. The van der Waals surface area contributed by atoms with Crippen molar-refractivity contribution in [3.63, 3.8) is 0 Å². The first-order valence-corrected chi connectivity index (χ1v) is 12.7. The summed E-state index contributed by atoms with van der Waals surface area (Å²) in [5.41, 5.74) is 0.981. The van der Waals surface area contributed by atoms with Gasteiger partial charge < -0.3 is 10.2 Å². The summed E-state index contributed by atoms with van der Waals surface area (Å²) in [5, 5.41) is 19.1. The van der Waals surface area contributed by atoms with E-state index in [0.717, 1.165) is 61.2 Å². The predicted octanol–water partition coefficient (Wildman–Crippen LogP) is 6.29. The molecule has 4 aliphatic carbocycles. The normalized spacial score (nSPS) is 47.7. The lowest BCUT2D eigenvalue weighted by molar-refractivity contribution is -0.137. The van der Waals surface area contributed by atoms with E-state index >= 15 is 0 Å². The molecule has 4 saturated carbocycles. The molecule has 0 aromatic rings. The van der Waals surface area contributed by atoms with E-state index in [1.54, 1.807) is 0 Å². The second-order valence-corrected chi connectivity index (χ2v) is 11.9. The molecule has 166 valence electrons. The van der Waals surface area contributed by atoms with Crippen LogP contribution in [0, 0.1) is 46.3 Å². The highest BCUT2D eigenvalue weighted by Crippen LogP contribution is 2.68. The molecule has 0 spiro atoms. The number of unbranched alkanes of at least 4 members (excludes halogenated alkanes) is 1. The van der Waals surface area contributed by atoms with Crippen LogP contribution in [0.3, 0.4) is 0 Å². The Bertz CT molecular complexity index is 603. The first kappa shape index (κ1) is 21.7. The van der Waals surface area contributed by atoms with E-state index in [-0.39, 0.29) is 6.10 Å². The first-order valence-electron chi connectivity index (χ1n) is 12.7. The topological polar surface area (TPSA) is 57.5 Å². The van der Waals surface area contributed by atoms with Crippen LogP contribution in [0.25, 0.3) is 0 Å². The van der Waals surface area contributed by atoms with E-state index in [4.69, 9.17) is 5.11 Å². The number of carboxylic acids is 1. The maximum absolute atomic E-state index is 10.8. The van der Waals surface area contributed by atoms with E-state index in [0.29, 0.717) is 17.3 Å². The number of rotatable bonds is 6. The van der Waals surface area contributed by atoms with Crippen molar-refractivity contribution in [1.82, 2.24) is 0 Å². The highest BCUT2D eigenvalue weighted by molar-refractivity contribution is 5.66. The molecule has 0 heterocycles. The lowest BCUT2D eigenvalue weighted by Crippen LogP contribution is -2.54. The number of hydrogen-bond donors (Lipinski definition) is 2. The van der Waals surface area contributed by atoms with Crippen molar-refractivity contribution in [3.05, 3.63) is 0 Å². The van der Waals surface area contributed by atoms with Crippen LogP contribution in [0.2, 0.25) is 0 Å². The molecule has 29 heavy (non-hydrogen) atoms. The van der Waals surface area contributed by atoms with Crippen LogP contribution in [0.4, 0.5) is 0 Å². The quantitative estimate of drug-likeness (QED) is 0.512. The van der Waals surface area contributed by atoms with Crippen molar-refractivity contribution in [2.75, 3.05) is 0 Å². The van der Waals surface area contributed by atoms with Crippen molar-refractivity contribution in [3.8, 4) is 0 Å². The van der Waals surface area contributed by atoms with E-state index in [2.05, 4.69) is 20.8 Å². The molecular formula is C26H44O3. The van der Waals surface area contributed by atoms with Crippen LogP contribution in [-0.4, -0.2) is 22.3 Å². The van der Waals surface area contributed by atoms with Crippen molar-refractivity contribution < 1.29 is 15.0 Å². The second kappa shape index (κ2) is 8.17. The fourth-order valence-electron chi connectivity index (χ4n) is 9.15. The Kier molecular flexibility index (Phi) is 6.10. The highest BCUT2D eigenvalue weighted by Gasteiger charge is 2.60. The molecule has 0 bridgehead atoms. The predicted molar refractivity (Wildman–Crippen MR) is 116 cm³/mol. The SMILES string of the molecule is C[C@H](CCCCC(=O)O)[C@H]1CC[C@H]2[C@@H]3CCC4C[C@H](O)CC[C@]4(C)[C@H]3CC[C@]12C. The average molecular weight is 405 g/mol. The maximum Gasteiger partial charge on any atom is 0.303 e. The lowest BCUT2D eigenvalue weighted by Gasteiger charge is -2.61. The largest absolute Gasteiger partial charge is 0.481 e. The summed E-state index contributed by atoms with van der Waals surface area (Å²) >= 11 is 0. The molecule has 0 aromatic carbocycles. The molecular weight excluding hydrogens is 360 g/mol. The minimum atomic E-state index is -0.650. The summed E-state index contributed by atoms with van der Waals surface area (Å²) in [5.74, 6) is 4.36. The average Bonchev–Trinajstić information content (AvgIpc) is 3.03. The van der Waals surface area contributed by atoms with Gasteiger partial charge in [-0.3, -0.25) is 4.79 Å². The summed E-state index contributed by atoms with van der Waals surface area (Å²) < 4.78 is 0. The Hall–Kier alpha value is -0.570. The molecule has 0 amide bonds. The van der Waals surface area contributed by atoms with E-state index in [9.17, 15) is 9.90 Å². The molecule has 3 nitrogen and oxygen atoms in total. The smallest absolute Gasteiger partial charge is 0.303 e. The minimum Gasteiger partial charge on any atom is -0.481 e. The molecule has 0 aliphatic heterocycles. The zero-order chi connectivity index (χ0) is 20.8. The number of carboxylic acid groups (broad SMARTS) is 1. The van der Waals surface area contributed by atoms with Crippen molar-refractivity contribution in [2.45, 2.75) is 110 Å². The molecule has 9 atom stereocenters. The van der Waals surface area contributed by atoms with Gasteiger partial charge in [0.05, 0.1) is 6.10 Å². The lowest BCUT2D eigenvalue weighted by atomic mass is 9.44.